The summed E-state index contributed by atoms with van der Waals surface area (Å²) in [6.07, 6.45) is 7.35. The van der Waals surface area contributed by atoms with Gasteiger partial charge in [0.2, 0.25) is 11.8 Å². The van der Waals surface area contributed by atoms with Gasteiger partial charge in [0.05, 0.1) is 5.52 Å². The first kappa shape index (κ1) is 26.2. The standard InChI is InChI=1S/C29H28BrN7O3/c1-16(38)27-22-12-19(20-13-31-17(2)32-14-20)8-11-23(22)36(35-27)15-26(39)34-29(40)28-18-6-9-21(10-7-18)37(28)25-5-3-4-24(30)33-25/h3-5,8,11-14,18,21,28H,6-7,9-10,15H2,1-2H3,(H,34,39,40). The zero-order valence-corrected chi connectivity index (χ0v) is 23.8. The first-order valence-electron chi connectivity index (χ1n) is 13.3. The van der Waals surface area contributed by atoms with Crippen LogP contribution < -0.4 is 10.2 Å². The molecule has 4 aromatic rings. The maximum atomic E-state index is 13.6. The molecule has 1 N–H and O–H groups in total. The molecule has 2 saturated heterocycles. The average molecular weight is 602 g/mol. The number of rotatable bonds is 6. The highest BCUT2D eigenvalue weighted by Gasteiger charge is 2.46. The summed E-state index contributed by atoms with van der Waals surface area (Å²) >= 11 is 3.44. The molecule has 0 radical (unpaired) electrons. The van der Waals surface area contributed by atoms with Gasteiger partial charge in [0.25, 0.3) is 0 Å². The Morgan fingerprint density at radius 2 is 1.77 bits per heavy atom. The van der Waals surface area contributed by atoms with E-state index < -0.39 is 11.9 Å². The number of nitrogens with zero attached hydrogens (tertiary/aromatic N) is 6. The van der Waals surface area contributed by atoms with Crippen molar-refractivity contribution in [2.24, 2.45) is 5.92 Å². The van der Waals surface area contributed by atoms with Gasteiger partial charge in [0.15, 0.2) is 5.78 Å². The predicted octanol–water partition coefficient (Wildman–Crippen LogP) is 4.25. The number of aryl methyl sites for hydroxylation is 1. The van der Waals surface area contributed by atoms with E-state index in [2.05, 4.69) is 46.2 Å². The van der Waals surface area contributed by atoms with Crippen molar-refractivity contribution in [3.05, 3.63) is 64.9 Å². The highest BCUT2D eigenvalue weighted by atomic mass is 79.9. The largest absolute Gasteiger partial charge is 0.341 e. The summed E-state index contributed by atoms with van der Waals surface area (Å²) in [5, 5.41) is 7.69. The van der Waals surface area contributed by atoms with Crippen molar-refractivity contribution in [3.63, 3.8) is 0 Å². The molecule has 3 aliphatic rings. The number of carbonyl (C=O) groups is 3. The minimum atomic E-state index is -0.482. The molecule has 5 heterocycles. The first-order valence-corrected chi connectivity index (χ1v) is 14.1. The van der Waals surface area contributed by atoms with E-state index in [4.69, 9.17) is 0 Å². The number of pyridine rings is 1. The van der Waals surface area contributed by atoms with Gasteiger partial charge in [0, 0.05) is 36.3 Å². The molecule has 0 spiro atoms. The Bertz CT molecular complexity index is 1630. The van der Waals surface area contributed by atoms with Crippen LogP contribution in [0.15, 0.2) is 53.4 Å². The number of hydrogen-bond donors (Lipinski definition) is 1. The highest BCUT2D eigenvalue weighted by Crippen LogP contribution is 2.42. The van der Waals surface area contributed by atoms with Crippen molar-refractivity contribution in [2.75, 3.05) is 4.90 Å². The second-order valence-electron chi connectivity index (χ2n) is 10.5. The molecular weight excluding hydrogens is 574 g/mol. The number of ketones is 1. The Balaban J connectivity index is 1.24. The van der Waals surface area contributed by atoms with Crippen LogP contribution in [0.4, 0.5) is 5.82 Å². The van der Waals surface area contributed by atoms with Crippen molar-refractivity contribution in [1.29, 1.82) is 0 Å². The lowest BCUT2D eigenvalue weighted by Gasteiger charge is -2.51. The number of halogens is 1. The van der Waals surface area contributed by atoms with Crippen molar-refractivity contribution in [1.82, 2.24) is 30.0 Å². The maximum Gasteiger partial charge on any atom is 0.249 e. The van der Waals surface area contributed by atoms with Crippen molar-refractivity contribution in [2.45, 2.75) is 58.2 Å². The molecule has 10 nitrogen and oxygen atoms in total. The average Bonchev–Trinajstić information content (AvgIpc) is 3.31. The van der Waals surface area contributed by atoms with Gasteiger partial charge in [-0.15, -0.1) is 0 Å². The fourth-order valence-corrected chi connectivity index (χ4v) is 6.36. The maximum absolute atomic E-state index is 13.6. The third-order valence-electron chi connectivity index (χ3n) is 7.87. The first-order chi connectivity index (χ1) is 19.3. The van der Waals surface area contributed by atoms with Gasteiger partial charge in [0.1, 0.15) is 34.5 Å². The van der Waals surface area contributed by atoms with Gasteiger partial charge in [-0.1, -0.05) is 12.1 Å². The normalized spacial score (nSPS) is 20.1. The number of benzene rings is 1. The minimum Gasteiger partial charge on any atom is -0.341 e. The molecule has 3 fully saturated rings. The van der Waals surface area contributed by atoms with E-state index >= 15 is 0 Å². The molecule has 1 atom stereocenters. The van der Waals surface area contributed by atoms with Crippen LogP contribution in [-0.2, 0) is 16.1 Å². The van der Waals surface area contributed by atoms with E-state index in [1.54, 1.807) is 12.4 Å². The number of anilines is 1. The fraction of sp³-hybridized carbons (Fsp3) is 0.345. The number of carbonyl (C=O) groups excluding carboxylic acids is 3. The van der Waals surface area contributed by atoms with Gasteiger partial charge in [-0.3, -0.25) is 24.4 Å². The predicted molar refractivity (Wildman–Crippen MR) is 153 cm³/mol. The van der Waals surface area contributed by atoms with E-state index in [-0.39, 0.29) is 35.9 Å². The number of fused-ring (bicyclic) bond motifs is 4. The molecule has 1 saturated carbocycles. The molecular formula is C29H28BrN7O3. The number of imide groups is 1. The van der Waals surface area contributed by atoms with E-state index in [1.165, 1.54) is 11.6 Å². The molecule has 2 amide bonds. The second-order valence-corrected chi connectivity index (χ2v) is 11.3. The number of nitrogens with one attached hydrogen (secondary N) is 1. The lowest BCUT2D eigenvalue weighted by Crippen LogP contribution is -2.62. The lowest BCUT2D eigenvalue weighted by molar-refractivity contribution is -0.133. The third kappa shape index (κ3) is 4.90. The smallest absolute Gasteiger partial charge is 0.249 e. The Hall–Kier alpha value is -3.99. The van der Waals surface area contributed by atoms with Crippen LogP contribution in [0, 0.1) is 12.8 Å². The summed E-state index contributed by atoms with van der Waals surface area (Å²) in [7, 11) is 0. The highest BCUT2D eigenvalue weighted by molar-refractivity contribution is 9.10. The molecule has 204 valence electrons. The monoisotopic (exact) mass is 601 g/mol. The zero-order valence-electron chi connectivity index (χ0n) is 22.2. The van der Waals surface area contributed by atoms with E-state index in [0.717, 1.165) is 42.6 Å². The van der Waals surface area contributed by atoms with E-state index in [1.807, 2.05) is 43.3 Å². The van der Waals surface area contributed by atoms with Crippen LogP contribution in [0.5, 0.6) is 0 Å². The Morgan fingerprint density at radius 3 is 2.48 bits per heavy atom. The van der Waals surface area contributed by atoms with Crippen LogP contribution in [0.2, 0.25) is 0 Å². The topological polar surface area (TPSA) is 123 Å². The summed E-state index contributed by atoms with van der Waals surface area (Å²) in [5.41, 5.74) is 2.54. The van der Waals surface area contributed by atoms with Crippen LogP contribution in [0.1, 0.15) is 48.9 Å². The van der Waals surface area contributed by atoms with E-state index in [0.29, 0.717) is 21.3 Å². The molecule has 1 unspecified atom stereocenters. The SMILES string of the molecule is CC(=O)c1nn(CC(=O)NC(=O)C2C3CCC(CC3)N2c2cccc(Br)n2)c2ccc(-c3cnc(C)nc3)cc12. The van der Waals surface area contributed by atoms with Gasteiger partial charge in [-0.05, 0) is 84.3 Å². The summed E-state index contributed by atoms with van der Waals surface area (Å²) in [4.78, 5) is 54.4. The number of amides is 2. The number of Topliss-reactive ketones (excluding diaryl/α,β-unsaturated/α-hetero) is 1. The molecule has 3 aromatic heterocycles. The van der Waals surface area contributed by atoms with Gasteiger partial charge in [-0.25, -0.2) is 15.0 Å². The molecule has 1 aliphatic carbocycles. The van der Waals surface area contributed by atoms with Crippen molar-refractivity contribution < 1.29 is 14.4 Å². The van der Waals surface area contributed by atoms with E-state index in [9.17, 15) is 14.4 Å². The summed E-state index contributed by atoms with van der Waals surface area (Å²) in [6.45, 7) is 3.06. The van der Waals surface area contributed by atoms with Gasteiger partial charge in [-0.2, -0.15) is 5.10 Å². The van der Waals surface area contributed by atoms with Gasteiger partial charge < -0.3 is 4.90 Å². The fourth-order valence-electron chi connectivity index (χ4n) is 6.03. The Morgan fingerprint density at radius 1 is 1.02 bits per heavy atom. The quantitative estimate of drug-likeness (QED) is 0.257. The summed E-state index contributed by atoms with van der Waals surface area (Å²) in [6, 6.07) is 11.0. The third-order valence-corrected chi connectivity index (χ3v) is 8.31. The van der Waals surface area contributed by atoms with Crippen LogP contribution in [0.3, 0.4) is 0 Å². The summed E-state index contributed by atoms with van der Waals surface area (Å²) < 4.78 is 2.18. The number of piperidine rings is 2. The van der Waals surface area contributed by atoms with Gasteiger partial charge >= 0.3 is 0 Å². The lowest BCUT2D eigenvalue weighted by atomic mass is 9.74. The molecule has 7 rings (SSSR count). The molecule has 1 aromatic carbocycles. The Labute approximate surface area is 239 Å². The molecule has 11 heteroatoms. The summed E-state index contributed by atoms with van der Waals surface area (Å²) in [5.74, 6) is 0.524. The molecule has 2 bridgehead atoms. The second kappa shape index (κ2) is 10.5. The van der Waals surface area contributed by atoms with Crippen LogP contribution in [0.25, 0.3) is 22.0 Å². The molecule has 40 heavy (non-hydrogen) atoms. The van der Waals surface area contributed by atoms with Crippen molar-refractivity contribution in [3.8, 4) is 11.1 Å². The number of hydrogen-bond acceptors (Lipinski definition) is 8. The van der Waals surface area contributed by atoms with Crippen molar-refractivity contribution >= 4 is 50.2 Å². The zero-order chi connectivity index (χ0) is 28.0. The Kier molecular flexibility index (Phi) is 6.91. The van der Waals surface area contributed by atoms with Crippen LogP contribution >= 0.6 is 15.9 Å². The van der Waals surface area contributed by atoms with Crippen LogP contribution in [-0.4, -0.2) is 54.4 Å². The number of aromatic nitrogens is 5. The molecule has 2 aliphatic heterocycles. The minimum absolute atomic E-state index is 0.151.